The number of benzene rings is 2. The molecule has 3 aromatic rings. The smallest absolute Gasteiger partial charge is 0.255 e. The van der Waals surface area contributed by atoms with Gasteiger partial charge in [0.25, 0.3) is 5.91 Å². The van der Waals surface area contributed by atoms with Crippen molar-refractivity contribution in [3.8, 4) is 0 Å². The minimum Gasteiger partial charge on any atom is -0.342 e. The number of pyridine rings is 1. The maximum atomic E-state index is 13.5. The summed E-state index contributed by atoms with van der Waals surface area (Å²) in [6.07, 6.45) is 1.50. The molecule has 1 aromatic heterocycles. The van der Waals surface area contributed by atoms with Crippen LogP contribution >= 0.6 is 0 Å². The van der Waals surface area contributed by atoms with Crippen LogP contribution < -0.4 is 5.32 Å². The zero-order chi connectivity index (χ0) is 18.8. The van der Waals surface area contributed by atoms with Crippen LogP contribution in [0.15, 0.2) is 42.6 Å². The number of nitrogens with one attached hydrogen (secondary N) is 1. The first-order valence-electron chi connectivity index (χ1n) is 8.27. The Morgan fingerprint density at radius 2 is 1.88 bits per heavy atom. The molecule has 0 aliphatic rings. The number of hydrogen-bond acceptors (Lipinski definition) is 3. The molecule has 134 valence electrons. The highest BCUT2D eigenvalue weighted by atomic mass is 19.1. The minimum atomic E-state index is -0.677. The SMILES string of the molecule is CCN(C)C(=O)c1cnc(Nc2cc(F)cc(F)c2)c2cccc(C)c12. The van der Waals surface area contributed by atoms with Gasteiger partial charge in [-0.05, 0) is 31.5 Å². The van der Waals surface area contributed by atoms with Gasteiger partial charge in [-0.25, -0.2) is 13.8 Å². The summed E-state index contributed by atoms with van der Waals surface area (Å²) in [6.45, 7) is 4.39. The third-order valence-electron chi connectivity index (χ3n) is 4.30. The lowest BCUT2D eigenvalue weighted by Crippen LogP contribution is -2.26. The summed E-state index contributed by atoms with van der Waals surface area (Å²) in [7, 11) is 1.73. The highest BCUT2D eigenvalue weighted by molar-refractivity contribution is 6.10. The van der Waals surface area contributed by atoms with Crippen molar-refractivity contribution in [1.82, 2.24) is 9.88 Å². The van der Waals surface area contributed by atoms with E-state index in [0.29, 0.717) is 23.3 Å². The average molecular weight is 355 g/mol. The van der Waals surface area contributed by atoms with Gasteiger partial charge in [-0.1, -0.05) is 18.2 Å². The number of amides is 1. The summed E-state index contributed by atoms with van der Waals surface area (Å²) in [6, 6.07) is 8.79. The molecule has 4 nitrogen and oxygen atoms in total. The van der Waals surface area contributed by atoms with E-state index in [2.05, 4.69) is 10.3 Å². The topological polar surface area (TPSA) is 45.2 Å². The number of fused-ring (bicyclic) bond motifs is 1. The Hall–Kier alpha value is -3.02. The Balaban J connectivity index is 2.14. The zero-order valence-corrected chi connectivity index (χ0v) is 14.8. The summed E-state index contributed by atoms with van der Waals surface area (Å²) >= 11 is 0. The van der Waals surface area contributed by atoms with Gasteiger partial charge in [-0.3, -0.25) is 4.79 Å². The predicted molar refractivity (Wildman–Crippen MR) is 98.8 cm³/mol. The summed E-state index contributed by atoms with van der Waals surface area (Å²) < 4.78 is 26.9. The van der Waals surface area contributed by atoms with E-state index < -0.39 is 11.6 Å². The lowest BCUT2D eigenvalue weighted by Gasteiger charge is -2.18. The van der Waals surface area contributed by atoms with Crippen LogP contribution in [0.2, 0.25) is 0 Å². The average Bonchev–Trinajstić information content (AvgIpc) is 2.60. The van der Waals surface area contributed by atoms with Crippen molar-refractivity contribution in [2.24, 2.45) is 0 Å². The lowest BCUT2D eigenvalue weighted by atomic mass is 10.0. The molecule has 1 heterocycles. The van der Waals surface area contributed by atoms with Crippen molar-refractivity contribution in [2.75, 3.05) is 18.9 Å². The van der Waals surface area contributed by atoms with Crippen molar-refractivity contribution >= 4 is 28.2 Å². The molecule has 0 radical (unpaired) electrons. The van der Waals surface area contributed by atoms with E-state index >= 15 is 0 Å². The summed E-state index contributed by atoms with van der Waals surface area (Å²) in [4.78, 5) is 18.6. The van der Waals surface area contributed by atoms with Crippen molar-refractivity contribution in [3.05, 3.63) is 65.4 Å². The standard InChI is InChI=1S/C20H19F2N3O/c1-4-25(3)20(26)17-11-23-19(16-7-5-6-12(2)18(16)17)24-15-9-13(21)8-14(22)10-15/h5-11H,4H2,1-3H3,(H,23,24). The normalized spacial score (nSPS) is 10.8. The van der Waals surface area contributed by atoms with Crippen LogP contribution in [0.3, 0.4) is 0 Å². The largest absolute Gasteiger partial charge is 0.342 e. The van der Waals surface area contributed by atoms with E-state index in [1.54, 1.807) is 11.9 Å². The molecule has 0 spiro atoms. The van der Waals surface area contributed by atoms with Gasteiger partial charge in [0.2, 0.25) is 0 Å². The maximum absolute atomic E-state index is 13.5. The highest BCUT2D eigenvalue weighted by Crippen LogP contribution is 2.30. The van der Waals surface area contributed by atoms with Crippen LogP contribution in [0.4, 0.5) is 20.3 Å². The van der Waals surface area contributed by atoms with E-state index in [1.165, 1.54) is 18.3 Å². The van der Waals surface area contributed by atoms with Crippen LogP contribution in [-0.4, -0.2) is 29.4 Å². The third kappa shape index (κ3) is 3.35. The van der Waals surface area contributed by atoms with Crippen molar-refractivity contribution < 1.29 is 13.6 Å². The Morgan fingerprint density at radius 1 is 1.19 bits per heavy atom. The number of halogens is 2. The van der Waals surface area contributed by atoms with Crippen LogP contribution in [0.1, 0.15) is 22.8 Å². The van der Waals surface area contributed by atoms with Crippen LogP contribution in [0, 0.1) is 18.6 Å². The summed E-state index contributed by atoms with van der Waals surface area (Å²) in [5.74, 6) is -1.04. The summed E-state index contributed by atoms with van der Waals surface area (Å²) in [5, 5.41) is 4.43. The number of hydrogen-bond donors (Lipinski definition) is 1. The molecule has 0 saturated heterocycles. The second kappa shape index (κ2) is 7.07. The minimum absolute atomic E-state index is 0.123. The van der Waals surface area contributed by atoms with Crippen molar-refractivity contribution in [3.63, 3.8) is 0 Å². The van der Waals surface area contributed by atoms with Gasteiger partial charge in [0, 0.05) is 42.3 Å². The second-order valence-corrected chi connectivity index (χ2v) is 6.12. The fourth-order valence-corrected chi connectivity index (χ4v) is 2.86. The number of anilines is 2. The molecule has 0 unspecified atom stereocenters. The van der Waals surface area contributed by atoms with Gasteiger partial charge in [-0.15, -0.1) is 0 Å². The van der Waals surface area contributed by atoms with Crippen LogP contribution in [-0.2, 0) is 0 Å². The fourth-order valence-electron chi connectivity index (χ4n) is 2.86. The van der Waals surface area contributed by atoms with E-state index in [9.17, 15) is 13.6 Å². The number of nitrogens with zero attached hydrogens (tertiary/aromatic N) is 2. The van der Waals surface area contributed by atoms with Crippen molar-refractivity contribution in [1.29, 1.82) is 0 Å². The zero-order valence-electron chi connectivity index (χ0n) is 14.8. The Kier molecular flexibility index (Phi) is 4.84. The molecular formula is C20H19F2N3O. The lowest BCUT2D eigenvalue weighted by molar-refractivity contribution is 0.0804. The number of aromatic nitrogens is 1. The van der Waals surface area contributed by atoms with Gasteiger partial charge in [-0.2, -0.15) is 0 Å². The molecule has 0 aliphatic heterocycles. The Labute approximate surface area is 150 Å². The van der Waals surface area contributed by atoms with Gasteiger partial charge in [0.05, 0.1) is 5.56 Å². The van der Waals surface area contributed by atoms with Crippen molar-refractivity contribution in [2.45, 2.75) is 13.8 Å². The molecule has 1 N–H and O–H groups in total. The first-order valence-corrected chi connectivity index (χ1v) is 8.27. The van der Waals surface area contributed by atoms with E-state index in [0.717, 1.165) is 17.0 Å². The molecule has 3 rings (SSSR count). The number of rotatable bonds is 4. The van der Waals surface area contributed by atoms with Crippen LogP contribution in [0.25, 0.3) is 10.8 Å². The van der Waals surface area contributed by atoms with Crippen LogP contribution in [0.5, 0.6) is 0 Å². The monoisotopic (exact) mass is 355 g/mol. The molecule has 0 saturated carbocycles. The molecule has 0 aliphatic carbocycles. The Morgan fingerprint density at radius 3 is 2.54 bits per heavy atom. The molecule has 1 amide bonds. The third-order valence-corrected chi connectivity index (χ3v) is 4.30. The van der Waals surface area contributed by atoms with Gasteiger partial charge >= 0.3 is 0 Å². The predicted octanol–water partition coefficient (Wildman–Crippen LogP) is 4.66. The van der Waals surface area contributed by atoms with Gasteiger partial charge in [0.1, 0.15) is 17.5 Å². The first-order chi connectivity index (χ1) is 12.4. The first kappa shape index (κ1) is 17.8. The van der Waals surface area contributed by atoms with E-state index in [1.807, 2.05) is 32.0 Å². The maximum Gasteiger partial charge on any atom is 0.255 e. The molecule has 6 heteroatoms. The molecule has 2 aromatic carbocycles. The Bertz CT molecular complexity index is 968. The quantitative estimate of drug-likeness (QED) is 0.740. The second-order valence-electron chi connectivity index (χ2n) is 6.12. The molecule has 0 bridgehead atoms. The van der Waals surface area contributed by atoms with Gasteiger partial charge in [0.15, 0.2) is 0 Å². The number of carbonyl (C=O) groups excluding carboxylic acids is 1. The molecule has 0 fully saturated rings. The molecular weight excluding hydrogens is 336 g/mol. The van der Waals surface area contributed by atoms with E-state index in [-0.39, 0.29) is 11.6 Å². The molecule has 0 atom stereocenters. The number of carbonyl (C=O) groups is 1. The summed E-state index contributed by atoms with van der Waals surface area (Å²) in [5.41, 5.74) is 1.67. The highest BCUT2D eigenvalue weighted by Gasteiger charge is 2.18. The van der Waals surface area contributed by atoms with Gasteiger partial charge < -0.3 is 10.2 Å². The fraction of sp³-hybridized carbons (Fsp3) is 0.200. The number of aryl methyl sites for hydroxylation is 1. The van der Waals surface area contributed by atoms with E-state index in [4.69, 9.17) is 0 Å². The molecule has 26 heavy (non-hydrogen) atoms.